The maximum absolute atomic E-state index is 3.75. The van der Waals surface area contributed by atoms with E-state index in [2.05, 4.69) is 54.3 Å². The Kier molecular flexibility index (Phi) is 3.61. The second-order valence-corrected chi connectivity index (χ2v) is 5.95. The molecule has 0 saturated heterocycles. The van der Waals surface area contributed by atoms with E-state index < -0.39 is 0 Å². The summed E-state index contributed by atoms with van der Waals surface area (Å²) in [7, 11) is 2.13. The molecule has 1 heterocycles. The van der Waals surface area contributed by atoms with Crippen LogP contribution >= 0.6 is 0 Å². The first-order valence-corrected chi connectivity index (χ1v) is 7.54. The lowest BCUT2D eigenvalue weighted by atomic mass is 10.1. The molecule has 1 aliphatic rings. The van der Waals surface area contributed by atoms with Crippen molar-refractivity contribution in [1.29, 1.82) is 0 Å². The molecule has 1 aliphatic carbocycles. The summed E-state index contributed by atoms with van der Waals surface area (Å²) in [5, 5.41) is 5.14. The molecule has 102 valence electrons. The van der Waals surface area contributed by atoms with Crippen molar-refractivity contribution in [2.45, 2.75) is 45.2 Å². The summed E-state index contributed by atoms with van der Waals surface area (Å²) in [4.78, 5) is 0. The molecule has 1 unspecified atom stereocenters. The van der Waals surface area contributed by atoms with Crippen molar-refractivity contribution in [2.24, 2.45) is 13.0 Å². The van der Waals surface area contributed by atoms with E-state index in [1.165, 1.54) is 42.1 Å². The minimum atomic E-state index is 0.687. The third-order valence-electron chi connectivity index (χ3n) is 4.37. The number of benzene rings is 1. The number of rotatable bonds is 6. The zero-order valence-electron chi connectivity index (χ0n) is 12.0. The van der Waals surface area contributed by atoms with Gasteiger partial charge in [0.05, 0.1) is 0 Å². The Morgan fingerprint density at radius 1 is 1.32 bits per heavy atom. The van der Waals surface area contributed by atoms with Gasteiger partial charge in [-0.1, -0.05) is 38.0 Å². The number of nitrogens with zero attached hydrogens (tertiary/aromatic N) is 1. The lowest BCUT2D eigenvalue weighted by Crippen LogP contribution is -2.28. The van der Waals surface area contributed by atoms with Gasteiger partial charge in [-0.05, 0) is 30.4 Å². The predicted octanol–water partition coefficient (Wildman–Crippen LogP) is 3.85. The molecular formula is C17H24N2. The van der Waals surface area contributed by atoms with Crippen molar-refractivity contribution in [3.63, 3.8) is 0 Å². The van der Waals surface area contributed by atoms with Crippen molar-refractivity contribution in [3.05, 3.63) is 36.0 Å². The molecule has 0 amide bonds. The highest BCUT2D eigenvalue weighted by molar-refractivity contribution is 5.83. The third kappa shape index (κ3) is 2.84. The van der Waals surface area contributed by atoms with Crippen LogP contribution in [0.2, 0.25) is 0 Å². The fourth-order valence-corrected chi connectivity index (χ4v) is 2.97. The van der Waals surface area contributed by atoms with Gasteiger partial charge < -0.3 is 9.88 Å². The van der Waals surface area contributed by atoms with Crippen LogP contribution in [-0.2, 0) is 13.6 Å². The van der Waals surface area contributed by atoms with Crippen molar-refractivity contribution >= 4 is 10.9 Å². The highest BCUT2D eigenvalue weighted by atomic mass is 14.9. The van der Waals surface area contributed by atoms with Gasteiger partial charge in [-0.25, -0.2) is 0 Å². The number of aromatic nitrogens is 1. The molecule has 3 rings (SSSR count). The zero-order valence-corrected chi connectivity index (χ0v) is 12.0. The first kappa shape index (κ1) is 12.7. The quantitative estimate of drug-likeness (QED) is 0.830. The standard InChI is InChI=1S/C17H24N2/c1-3-15(10-13-8-9-13)18-11-14-12-19(2)17-7-5-4-6-16(14)17/h4-7,12-13,15,18H,3,8-11H2,1-2H3. The SMILES string of the molecule is CCC(CC1CC1)NCc1cn(C)c2ccccc12. The lowest BCUT2D eigenvalue weighted by Gasteiger charge is -2.16. The van der Waals surface area contributed by atoms with E-state index in [0.29, 0.717) is 6.04 Å². The predicted molar refractivity (Wildman–Crippen MR) is 81.2 cm³/mol. The Morgan fingerprint density at radius 2 is 2.11 bits per heavy atom. The molecule has 19 heavy (non-hydrogen) atoms. The molecule has 0 radical (unpaired) electrons. The maximum atomic E-state index is 3.75. The number of fused-ring (bicyclic) bond motifs is 1. The van der Waals surface area contributed by atoms with Crippen LogP contribution in [0.15, 0.2) is 30.5 Å². The van der Waals surface area contributed by atoms with E-state index in [9.17, 15) is 0 Å². The summed E-state index contributed by atoms with van der Waals surface area (Å²) in [6, 6.07) is 9.36. The van der Waals surface area contributed by atoms with Gasteiger partial charge in [0.15, 0.2) is 0 Å². The van der Waals surface area contributed by atoms with Crippen LogP contribution in [0.4, 0.5) is 0 Å². The first-order chi connectivity index (χ1) is 9.28. The highest BCUT2D eigenvalue weighted by Crippen LogP contribution is 2.34. The zero-order chi connectivity index (χ0) is 13.2. The average molecular weight is 256 g/mol. The van der Waals surface area contributed by atoms with E-state index in [1.54, 1.807) is 0 Å². The number of hydrogen-bond acceptors (Lipinski definition) is 1. The van der Waals surface area contributed by atoms with Crippen molar-refractivity contribution in [3.8, 4) is 0 Å². The highest BCUT2D eigenvalue weighted by Gasteiger charge is 2.24. The van der Waals surface area contributed by atoms with E-state index in [0.717, 1.165) is 12.5 Å². The normalized spacial score (nSPS) is 16.9. The fraction of sp³-hybridized carbons (Fsp3) is 0.529. The monoisotopic (exact) mass is 256 g/mol. The van der Waals surface area contributed by atoms with Crippen LogP contribution in [0.25, 0.3) is 10.9 Å². The molecule has 2 heteroatoms. The van der Waals surface area contributed by atoms with Gasteiger partial charge in [-0.15, -0.1) is 0 Å². The Balaban J connectivity index is 1.70. The Bertz CT molecular complexity index is 551. The minimum absolute atomic E-state index is 0.687. The van der Waals surface area contributed by atoms with E-state index in [1.807, 2.05) is 0 Å². The van der Waals surface area contributed by atoms with Gasteiger partial charge in [0.2, 0.25) is 0 Å². The van der Waals surface area contributed by atoms with Gasteiger partial charge in [-0.3, -0.25) is 0 Å². The summed E-state index contributed by atoms with van der Waals surface area (Å²) in [5.74, 6) is 1.00. The van der Waals surface area contributed by atoms with Gasteiger partial charge >= 0.3 is 0 Å². The van der Waals surface area contributed by atoms with Gasteiger partial charge in [0.25, 0.3) is 0 Å². The molecule has 1 aromatic carbocycles. The van der Waals surface area contributed by atoms with Crippen LogP contribution in [0.5, 0.6) is 0 Å². The fourth-order valence-electron chi connectivity index (χ4n) is 2.97. The van der Waals surface area contributed by atoms with Crippen LogP contribution in [0.1, 0.15) is 38.2 Å². The van der Waals surface area contributed by atoms with E-state index in [4.69, 9.17) is 0 Å². The molecule has 1 fully saturated rings. The molecule has 2 aromatic rings. The smallest absolute Gasteiger partial charge is 0.0481 e. The van der Waals surface area contributed by atoms with Crippen LogP contribution < -0.4 is 5.32 Å². The number of hydrogen-bond donors (Lipinski definition) is 1. The third-order valence-corrected chi connectivity index (χ3v) is 4.37. The largest absolute Gasteiger partial charge is 0.350 e. The summed E-state index contributed by atoms with van der Waals surface area (Å²) in [6.45, 7) is 3.29. The summed E-state index contributed by atoms with van der Waals surface area (Å²) < 4.78 is 2.23. The Morgan fingerprint density at radius 3 is 2.84 bits per heavy atom. The number of para-hydroxylation sites is 1. The molecule has 1 aromatic heterocycles. The summed E-state index contributed by atoms with van der Waals surface area (Å²) >= 11 is 0. The van der Waals surface area contributed by atoms with Crippen LogP contribution in [0, 0.1) is 5.92 Å². The molecule has 2 nitrogen and oxygen atoms in total. The summed E-state index contributed by atoms with van der Waals surface area (Å²) in [6.07, 6.45) is 7.77. The molecule has 0 aliphatic heterocycles. The van der Waals surface area contributed by atoms with E-state index in [-0.39, 0.29) is 0 Å². The topological polar surface area (TPSA) is 17.0 Å². The molecular weight excluding hydrogens is 232 g/mol. The van der Waals surface area contributed by atoms with Crippen molar-refractivity contribution < 1.29 is 0 Å². The minimum Gasteiger partial charge on any atom is -0.350 e. The van der Waals surface area contributed by atoms with E-state index >= 15 is 0 Å². The maximum Gasteiger partial charge on any atom is 0.0481 e. The second kappa shape index (κ2) is 5.38. The van der Waals surface area contributed by atoms with Crippen molar-refractivity contribution in [1.82, 2.24) is 9.88 Å². The van der Waals surface area contributed by atoms with Crippen LogP contribution in [0.3, 0.4) is 0 Å². The number of aryl methyl sites for hydroxylation is 1. The number of nitrogens with one attached hydrogen (secondary N) is 1. The van der Waals surface area contributed by atoms with Gasteiger partial charge in [-0.2, -0.15) is 0 Å². The van der Waals surface area contributed by atoms with Crippen LogP contribution in [-0.4, -0.2) is 10.6 Å². The second-order valence-electron chi connectivity index (χ2n) is 5.95. The van der Waals surface area contributed by atoms with Gasteiger partial charge in [0, 0.05) is 36.7 Å². The average Bonchev–Trinajstić information content (AvgIpc) is 3.20. The first-order valence-electron chi connectivity index (χ1n) is 7.54. The molecule has 0 bridgehead atoms. The van der Waals surface area contributed by atoms with Crippen molar-refractivity contribution in [2.75, 3.05) is 0 Å². The molecule has 1 N–H and O–H groups in total. The molecule has 1 saturated carbocycles. The van der Waals surface area contributed by atoms with Gasteiger partial charge in [0.1, 0.15) is 0 Å². The molecule has 1 atom stereocenters. The lowest BCUT2D eigenvalue weighted by molar-refractivity contribution is 0.445. The summed E-state index contributed by atoms with van der Waals surface area (Å²) in [5.41, 5.74) is 2.75. The Hall–Kier alpha value is -1.28. The molecule has 0 spiro atoms. The Labute approximate surface area is 115 Å².